The Kier molecular flexibility index (Phi) is 6.14. The van der Waals surface area contributed by atoms with Crippen molar-refractivity contribution in [1.29, 1.82) is 0 Å². The summed E-state index contributed by atoms with van der Waals surface area (Å²) in [6, 6.07) is 3.71. The van der Waals surface area contributed by atoms with Crippen LogP contribution in [0.4, 0.5) is 10.1 Å². The minimum Gasteiger partial charge on any atom is -0.489 e. The van der Waals surface area contributed by atoms with E-state index in [1.54, 1.807) is 13.8 Å². The molecule has 1 aromatic carbocycles. The molecule has 0 unspecified atom stereocenters. The standard InChI is InChI=1S/C17H20FNO7/c1-9(2)25-13-5-4-11(18)8-12(13)19-6-7-24-14(16(19)21)15(17(22)23)26-10(3)20/h4-5,8-9,14-15H,6-7H2,1-3H3,(H,22,23)/t14-,15-/m1/s1. The zero-order valence-electron chi connectivity index (χ0n) is 14.6. The Morgan fingerprint density at radius 1 is 1.38 bits per heavy atom. The van der Waals surface area contributed by atoms with Crippen LogP contribution >= 0.6 is 0 Å². The van der Waals surface area contributed by atoms with E-state index in [1.807, 2.05) is 0 Å². The second-order valence-corrected chi connectivity index (χ2v) is 5.93. The molecule has 0 saturated carbocycles. The van der Waals surface area contributed by atoms with Crippen LogP contribution in [0.15, 0.2) is 18.2 Å². The summed E-state index contributed by atoms with van der Waals surface area (Å²) < 4.78 is 29.3. The molecule has 1 N–H and O–H groups in total. The first-order valence-corrected chi connectivity index (χ1v) is 8.00. The van der Waals surface area contributed by atoms with Gasteiger partial charge >= 0.3 is 11.9 Å². The van der Waals surface area contributed by atoms with E-state index in [2.05, 4.69) is 0 Å². The lowest BCUT2D eigenvalue weighted by Crippen LogP contribution is -2.55. The van der Waals surface area contributed by atoms with Crippen LogP contribution in [0.3, 0.4) is 0 Å². The Labute approximate surface area is 149 Å². The number of carboxylic acid groups (broad SMARTS) is 1. The van der Waals surface area contributed by atoms with Gasteiger partial charge in [0.25, 0.3) is 5.91 Å². The molecule has 0 radical (unpaired) electrons. The third-order valence-electron chi connectivity index (χ3n) is 3.51. The maximum absolute atomic E-state index is 13.7. The number of benzene rings is 1. The van der Waals surface area contributed by atoms with Gasteiger partial charge in [0.2, 0.25) is 6.10 Å². The van der Waals surface area contributed by atoms with Gasteiger partial charge in [-0.1, -0.05) is 0 Å². The molecule has 2 rings (SSSR count). The lowest BCUT2D eigenvalue weighted by Gasteiger charge is -2.35. The molecular weight excluding hydrogens is 349 g/mol. The highest BCUT2D eigenvalue weighted by atomic mass is 19.1. The van der Waals surface area contributed by atoms with Crippen molar-refractivity contribution in [2.45, 2.75) is 39.1 Å². The molecule has 8 nitrogen and oxygen atoms in total. The molecule has 142 valence electrons. The minimum atomic E-state index is -1.80. The first-order valence-electron chi connectivity index (χ1n) is 8.00. The first kappa shape index (κ1) is 19.6. The molecule has 0 aliphatic carbocycles. The van der Waals surface area contributed by atoms with E-state index >= 15 is 0 Å². The van der Waals surface area contributed by atoms with Crippen molar-refractivity contribution in [2.24, 2.45) is 0 Å². The number of hydrogen-bond acceptors (Lipinski definition) is 6. The van der Waals surface area contributed by atoms with Crippen LogP contribution in [0.5, 0.6) is 5.75 Å². The molecule has 1 amide bonds. The molecule has 26 heavy (non-hydrogen) atoms. The maximum Gasteiger partial charge on any atom is 0.348 e. The van der Waals surface area contributed by atoms with Crippen LogP contribution in [0.25, 0.3) is 0 Å². The fourth-order valence-electron chi connectivity index (χ4n) is 2.54. The highest BCUT2D eigenvalue weighted by molar-refractivity contribution is 6.01. The molecule has 1 aromatic rings. The van der Waals surface area contributed by atoms with Gasteiger partial charge in [0.05, 0.1) is 18.4 Å². The van der Waals surface area contributed by atoms with Gasteiger partial charge in [-0.05, 0) is 26.0 Å². The van der Waals surface area contributed by atoms with Gasteiger partial charge in [0.15, 0.2) is 6.10 Å². The number of halogens is 1. The Hall–Kier alpha value is -2.68. The molecule has 1 saturated heterocycles. The van der Waals surface area contributed by atoms with Crippen LogP contribution in [0.1, 0.15) is 20.8 Å². The third-order valence-corrected chi connectivity index (χ3v) is 3.51. The molecule has 0 aromatic heterocycles. The summed E-state index contributed by atoms with van der Waals surface area (Å²) in [6.45, 7) is 4.64. The second kappa shape index (κ2) is 8.13. The summed E-state index contributed by atoms with van der Waals surface area (Å²) in [5.41, 5.74) is 0.156. The Morgan fingerprint density at radius 2 is 2.08 bits per heavy atom. The smallest absolute Gasteiger partial charge is 0.348 e. The summed E-state index contributed by atoms with van der Waals surface area (Å²) in [5, 5.41) is 9.25. The van der Waals surface area contributed by atoms with Gasteiger partial charge in [-0.15, -0.1) is 0 Å². The van der Waals surface area contributed by atoms with Crippen LogP contribution < -0.4 is 9.64 Å². The number of carbonyl (C=O) groups excluding carboxylic acids is 2. The van der Waals surface area contributed by atoms with Gasteiger partial charge in [-0.3, -0.25) is 9.59 Å². The van der Waals surface area contributed by atoms with Crippen LogP contribution in [0.2, 0.25) is 0 Å². The van der Waals surface area contributed by atoms with E-state index in [0.29, 0.717) is 0 Å². The van der Waals surface area contributed by atoms with Crippen molar-refractivity contribution < 1.29 is 38.1 Å². The molecule has 0 bridgehead atoms. The summed E-state index contributed by atoms with van der Waals surface area (Å²) in [6.07, 6.45) is -3.56. The normalized spacial score (nSPS) is 18.6. The topological polar surface area (TPSA) is 102 Å². The molecular formula is C17H20FNO7. The number of anilines is 1. The van der Waals surface area contributed by atoms with Crippen molar-refractivity contribution in [1.82, 2.24) is 0 Å². The highest BCUT2D eigenvalue weighted by Crippen LogP contribution is 2.32. The molecule has 2 atom stereocenters. The fourth-order valence-corrected chi connectivity index (χ4v) is 2.54. The van der Waals surface area contributed by atoms with E-state index in [-0.39, 0.29) is 30.7 Å². The fraction of sp³-hybridized carbons (Fsp3) is 0.471. The lowest BCUT2D eigenvalue weighted by molar-refractivity contribution is -0.177. The molecule has 1 aliphatic heterocycles. The first-order chi connectivity index (χ1) is 12.2. The second-order valence-electron chi connectivity index (χ2n) is 5.93. The molecule has 9 heteroatoms. The van der Waals surface area contributed by atoms with E-state index in [0.717, 1.165) is 13.0 Å². The van der Waals surface area contributed by atoms with Gasteiger partial charge in [-0.25, -0.2) is 9.18 Å². The average molecular weight is 369 g/mol. The monoisotopic (exact) mass is 369 g/mol. The Balaban J connectivity index is 2.36. The van der Waals surface area contributed by atoms with Gasteiger partial charge in [0.1, 0.15) is 11.6 Å². The van der Waals surface area contributed by atoms with Crippen LogP contribution in [-0.2, 0) is 23.9 Å². The summed E-state index contributed by atoms with van der Waals surface area (Å²) in [5.74, 6) is -3.45. The Morgan fingerprint density at radius 3 is 2.65 bits per heavy atom. The quantitative estimate of drug-likeness (QED) is 0.755. The van der Waals surface area contributed by atoms with E-state index in [9.17, 15) is 23.9 Å². The number of carbonyl (C=O) groups is 3. The summed E-state index contributed by atoms with van der Waals surface area (Å²) in [4.78, 5) is 36.5. The number of esters is 1. The largest absolute Gasteiger partial charge is 0.489 e. The van der Waals surface area contributed by atoms with Gasteiger partial charge < -0.3 is 24.2 Å². The van der Waals surface area contributed by atoms with Crippen molar-refractivity contribution >= 4 is 23.5 Å². The number of rotatable bonds is 6. The number of aliphatic carboxylic acids is 1. The lowest BCUT2D eigenvalue weighted by atomic mass is 10.1. The molecule has 1 heterocycles. The van der Waals surface area contributed by atoms with Crippen molar-refractivity contribution in [3.8, 4) is 5.75 Å². The van der Waals surface area contributed by atoms with E-state index in [4.69, 9.17) is 14.2 Å². The number of hydrogen-bond donors (Lipinski definition) is 1. The average Bonchev–Trinajstić information content (AvgIpc) is 2.54. The number of amides is 1. The number of ether oxygens (including phenoxy) is 3. The Bertz CT molecular complexity index is 706. The van der Waals surface area contributed by atoms with Crippen molar-refractivity contribution in [3.63, 3.8) is 0 Å². The van der Waals surface area contributed by atoms with E-state index < -0.39 is 35.9 Å². The number of morpholine rings is 1. The predicted molar refractivity (Wildman–Crippen MR) is 87.4 cm³/mol. The molecule has 1 fully saturated rings. The van der Waals surface area contributed by atoms with E-state index in [1.165, 1.54) is 17.0 Å². The summed E-state index contributed by atoms with van der Waals surface area (Å²) >= 11 is 0. The maximum atomic E-state index is 13.7. The van der Waals surface area contributed by atoms with Crippen molar-refractivity contribution in [2.75, 3.05) is 18.1 Å². The highest BCUT2D eigenvalue weighted by Gasteiger charge is 2.43. The van der Waals surface area contributed by atoms with Crippen LogP contribution in [-0.4, -0.2) is 54.4 Å². The molecule has 1 aliphatic rings. The number of carboxylic acids is 1. The zero-order valence-corrected chi connectivity index (χ0v) is 14.6. The van der Waals surface area contributed by atoms with Crippen molar-refractivity contribution in [3.05, 3.63) is 24.0 Å². The van der Waals surface area contributed by atoms with Gasteiger partial charge in [0, 0.05) is 19.5 Å². The zero-order chi connectivity index (χ0) is 19.4. The third kappa shape index (κ3) is 4.48. The minimum absolute atomic E-state index is 0.0148. The van der Waals surface area contributed by atoms with Crippen LogP contribution in [0, 0.1) is 5.82 Å². The summed E-state index contributed by atoms with van der Waals surface area (Å²) in [7, 11) is 0. The SMILES string of the molecule is CC(=O)O[C@@H](C(=O)O)[C@H]1OCCN(c2cc(F)ccc2OC(C)C)C1=O. The molecule has 0 spiro atoms. The van der Waals surface area contributed by atoms with Gasteiger partial charge in [-0.2, -0.15) is 0 Å². The predicted octanol–water partition coefficient (Wildman–Crippen LogP) is 1.36. The number of nitrogens with zero attached hydrogens (tertiary/aromatic N) is 1.